The van der Waals surface area contributed by atoms with Crippen molar-refractivity contribution in [2.24, 2.45) is 0 Å². The van der Waals surface area contributed by atoms with Gasteiger partial charge in [0.25, 0.3) is 0 Å². The van der Waals surface area contributed by atoms with Gasteiger partial charge in [0.05, 0.1) is 19.4 Å². The van der Waals surface area contributed by atoms with Gasteiger partial charge in [-0.3, -0.25) is 4.79 Å². The van der Waals surface area contributed by atoms with Gasteiger partial charge in [0.1, 0.15) is 22.8 Å². The standard InChI is InChI=1S/C27H31NO4/c1-6-31-26-18(4)27-21(19-9-7-8-10-23(19)32-27)15-20(26)17(3)14-25(29)28-22-13-16(2)11-12-24(22)30-5/h11-15H,6-10H2,1-5H3,(H,28,29)/b17-14+. The number of benzene rings is 2. The highest BCUT2D eigenvalue weighted by Gasteiger charge is 2.23. The van der Waals surface area contributed by atoms with Crippen LogP contribution in [0.2, 0.25) is 0 Å². The summed E-state index contributed by atoms with van der Waals surface area (Å²) in [5.41, 5.74) is 6.67. The number of rotatable bonds is 6. The van der Waals surface area contributed by atoms with Crippen LogP contribution in [0.1, 0.15) is 54.7 Å². The number of ether oxygens (including phenoxy) is 2. The maximum atomic E-state index is 12.9. The van der Waals surface area contributed by atoms with Gasteiger partial charge in [0.2, 0.25) is 5.91 Å². The molecule has 32 heavy (non-hydrogen) atoms. The first-order valence-electron chi connectivity index (χ1n) is 11.3. The number of amides is 1. The van der Waals surface area contributed by atoms with Crippen molar-refractivity contribution in [3.8, 4) is 11.5 Å². The highest BCUT2D eigenvalue weighted by molar-refractivity contribution is 6.05. The Morgan fingerprint density at radius 3 is 2.72 bits per heavy atom. The summed E-state index contributed by atoms with van der Waals surface area (Å²) >= 11 is 0. The number of furan rings is 1. The van der Waals surface area contributed by atoms with E-state index in [1.807, 2.05) is 45.9 Å². The average molecular weight is 434 g/mol. The molecule has 0 atom stereocenters. The smallest absolute Gasteiger partial charge is 0.248 e. The molecular formula is C27H31NO4. The van der Waals surface area contributed by atoms with Crippen molar-refractivity contribution in [3.63, 3.8) is 0 Å². The summed E-state index contributed by atoms with van der Waals surface area (Å²) in [6.07, 6.45) is 5.98. The topological polar surface area (TPSA) is 60.7 Å². The third-order valence-electron chi connectivity index (χ3n) is 6.10. The molecule has 0 saturated carbocycles. The molecule has 0 saturated heterocycles. The molecule has 2 aromatic carbocycles. The van der Waals surface area contributed by atoms with E-state index in [4.69, 9.17) is 13.9 Å². The Labute approximate surface area is 189 Å². The maximum Gasteiger partial charge on any atom is 0.248 e. The predicted molar refractivity (Wildman–Crippen MR) is 129 cm³/mol. The zero-order chi connectivity index (χ0) is 22.8. The van der Waals surface area contributed by atoms with Crippen molar-refractivity contribution in [2.45, 2.75) is 53.4 Å². The number of nitrogens with one attached hydrogen (secondary N) is 1. The van der Waals surface area contributed by atoms with Crippen LogP contribution in [0.5, 0.6) is 11.5 Å². The Bertz CT molecular complexity index is 1200. The Morgan fingerprint density at radius 1 is 1.19 bits per heavy atom. The summed E-state index contributed by atoms with van der Waals surface area (Å²) in [5.74, 6) is 2.30. The minimum Gasteiger partial charge on any atom is -0.495 e. The molecule has 1 aliphatic carbocycles. The summed E-state index contributed by atoms with van der Waals surface area (Å²) in [6, 6.07) is 7.84. The first-order chi connectivity index (χ1) is 15.4. The lowest BCUT2D eigenvalue weighted by Gasteiger charge is -2.15. The second kappa shape index (κ2) is 9.11. The number of fused-ring (bicyclic) bond motifs is 3. The number of hydrogen-bond donors (Lipinski definition) is 1. The Kier molecular flexibility index (Phi) is 6.26. The van der Waals surface area contributed by atoms with Gasteiger partial charge in [-0.25, -0.2) is 0 Å². The van der Waals surface area contributed by atoms with Gasteiger partial charge >= 0.3 is 0 Å². The fourth-order valence-electron chi connectivity index (χ4n) is 4.52. The highest BCUT2D eigenvalue weighted by Crippen LogP contribution is 2.41. The maximum absolute atomic E-state index is 12.9. The van der Waals surface area contributed by atoms with Gasteiger partial charge in [0, 0.05) is 34.6 Å². The first kappa shape index (κ1) is 22.0. The molecule has 3 aromatic rings. The molecule has 0 unspecified atom stereocenters. The molecule has 168 valence electrons. The van der Waals surface area contributed by atoms with Gasteiger partial charge in [-0.05, 0) is 76.3 Å². The van der Waals surface area contributed by atoms with Crippen LogP contribution in [0.25, 0.3) is 16.5 Å². The molecule has 1 heterocycles. The van der Waals surface area contributed by atoms with Crippen LogP contribution in [0.4, 0.5) is 5.69 Å². The van der Waals surface area contributed by atoms with Crippen LogP contribution in [-0.2, 0) is 17.6 Å². The summed E-state index contributed by atoms with van der Waals surface area (Å²) in [7, 11) is 1.60. The molecular weight excluding hydrogens is 402 g/mol. The minimum absolute atomic E-state index is 0.208. The fourth-order valence-corrected chi connectivity index (χ4v) is 4.52. The van der Waals surface area contributed by atoms with Crippen LogP contribution in [0, 0.1) is 13.8 Å². The monoisotopic (exact) mass is 433 g/mol. The molecule has 1 aliphatic rings. The van der Waals surface area contributed by atoms with Crippen molar-refractivity contribution < 1.29 is 18.7 Å². The summed E-state index contributed by atoms with van der Waals surface area (Å²) in [4.78, 5) is 12.9. The molecule has 0 bridgehead atoms. The molecule has 0 aliphatic heterocycles. The largest absolute Gasteiger partial charge is 0.495 e. The average Bonchev–Trinajstić information content (AvgIpc) is 3.14. The second-order valence-electron chi connectivity index (χ2n) is 8.42. The number of carbonyl (C=O) groups is 1. The zero-order valence-corrected chi connectivity index (χ0v) is 19.6. The number of carbonyl (C=O) groups excluding carboxylic acids is 1. The lowest BCUT2D eigenvalue weighted by molar-refractivity contribution is -0.111. The Morgan fingerprint density at radius 2 is 1.97 bits per heavy atom. The molecule has 1 aromatic heterocycles. The van der Waals surface area contributed by atoms with Gasteiger partial charge in [0.15, 0.2) is 0 Å². The number of aryl methyl sites for hydroxylation is 4. The predicted octanol–water partition coefficient (Wildman–Crippen LogP) is 6.38. The number of methoxy groups -OCH3 is 1. The van der Waals surface area contributed by atoms with Crippen LogP contribution >= 0.6 is 0 Å². The molecule has 0 spiro atoms. The van der Waals surface area contributed by atoms with Crippen LogP contribution in [0.15, 0.2) is 34.8 Å². The van der Waals surface area contributed by atoms with E-state index < -0.39 is 0 Å². The van der Waals surface area contributed by atoms with Crippen LogP contribution < -0.4 is 14.8 Å². The van der Waals surface area contributed by atoms with E-state index in [9.17, 15) is 4.79 Å². The summed E-state index contributed by atoms with van der Waals surface area (Å²) < 4.78 is 17.7. The van der Waals surface area contributed by atoms with E-state index in [0.29, 0.717) is 18.0 Å². The van der Waals surface area contributed by atoms with Gasteiger partial charge in [-0.2, -0.15) is 0 Å². The van der Waals surface area contributed by atoms with Crippen molar-refractivity contribution >= 4 is 28.1 Å². The van der Waals surface area contributed by atoms with Crippen LogP contribution in [0.3, 0.4) is 0 Å². The minimum atomic E-state index is -0.208. The van der Waals surface area contributed by atoms with Crippen molar-refractivity contribution in [2.75, 3.05) is 19.0 Å². The van der Waals surface area contributed by atoms with E-state index in [1.54, 1.807) is 13.2 Å². The van der Waals surface area contributed by atoms with Gasteiger partial charge < -0.3 is 19.2 Å². The number of allylic oxidation sites excluding steroid dienone is 1. The van der Waals surface area contributed by atoms with Gasteiger partial charge in [-0.15, -0.1) is 0 Å². The van der Waals surface area contributed by atoms with E-state index in [1.165, 1.54) is 18.4 Å². The second-order valence-corrected chi connectivity index (χ2v) is 8.42. The lowest BCUT2D eigenvalue weighted by Crippen LogP contribution is -2.10. The van der Waals surface area contributed by atoms with E-state index >= 15 is 0 Å². The summed E-state index contributed by atoms with van der Waals surface area (Å²) in [6.45, 7) is 8.48. The molecule has 1 amide bonds. The number of anilines is 1. The highest BCUT2D eigenvalue weighted by atomic mass is 16.5. The lowest BCUT2D eigenvalue weighted by atomic mass is 9.93. The molecule has 4 rings (SSSR count). The van der Waals surface area contributed by atoms with Gasteiger partial charge in [-0.1, -0.05) is 6.07 Å². The van der Waals surface area contributed by atoms with E-state index in [0.717, 1.165) is 57.6 Å². The molecule has 5 nitrogen and oxygen atoms in total. The summed E-state index contributed by atoms with van der Waals surface area (Å²) in [5, 5.41) is 4.09. The number of hydrogen-bond acceptors (Lipinski definition) is 4. The molecule has 0 radical (unpaired) electrons. The molecule has 1 N–H and O–H groups in total. The molecule has 0 fully saturated rings. The van der Waals surface area contributed by atoms with E-state index in [-0.39, 0.29) is 5.91 Å². The van der Waals surface area contributed by atoms with Crippen molar-refractivity contribution in [1.29, 1.82) is 0 Å². The fraction of sp³-hybridized carbons (Fsp3) is 0.370. The van der Waals surface area contributed by atoms with Crippen molar-refractivity contribution in [3.05, 3.63) is 58.4 Å². The first-order valence-corrected chi connectivity index (χ1v) is 11.3. The van der Waals surface area contributed by atoms with Crippen LogP contribution in [-0.4, -0.2) is 19.6 Å². The zero-order valence-electron chi connectivity index (χ0n) is 19.6. The SMILES string of the molecule is CCOc1c(/C(C)=C/C(=O)Nc2cc(C)ccc2OC)cc2c3c(oc2c1C)CCCC3. The normalized spacial score (nSPS) is 13.7. The third-order valence-corrected chi connectivity index (χ3v) is 6.10. The quantitative estimate of drug-likeness (QED) is 0.458. The van der Waals surface area contributed by atoms with E-state index in [2.05, 4.69) is 11.4 Å². The third kappa shape index (κ3) is 4.12. The molecule has 5 heteroatoms. The van der Waals surface area contributed by atoms with Crippen molar-refractivity contribution in [1.82, 2.24) is 0 Å². The Balaban J connectivity index is 1.74. The Hall–Kier alpha value is -3.21.